The van der Waals surface area contributed by atoms with Gasteiger partial charge in [0.05, 0.1) is 0 Å². The van der Waals surface area contributed by atoms with E-state index in [1.165, 1.54) is 0 Å². The number of carbonyl (C=O) groups excluding carboxylic acids is 1. The van der Waals surface area contributed by atoms with Gasteiger partial charge in [0.15, 0.2) is 0 Å². The zero-order chi connectivity index (χ0) is 23.2. The van der Waals surface area contributed by atoms with Gasteiger partial charge in [-0.05, 0) is 55.1 Å². The van der Waals surface area contributed by atoms with Gasteiger partial charge >= 0.3 is 5.97 Å². The van der Waals surface area contributed by atoms with Gasteiger partial charge in [-0.15, -0.1) is 0 Å². The van der Waals surface area contributed by atoms with Crippen LogP contribution in [0.1, 0.15) is 38.7 Å². The van der Waals surface area contributed by atoms with Crippen molar-refractivity contribution >= 4 is 36.3 Å². The van der Waals surface area contributed by atoms with Crippen LogP contribution in [-0.2, 0) is 16.0 Å². The molecule has 1 aromatic rings. The molecule has 3 unspecified atom stereocenters. The lowest BCUT2D eigenvalue weighted by atomic mass is 9.85. The molecule has 174 valence electrons. The maximum Gasteiger partial charge on any atom is 0.326 e. The molecule has 31 heavy (non-hydrogen) atoms. The first kappa shape index (κ1) is 27.6. The third-order valence-electron chi connectivity index (χ3n) is 5.44. The van der Waals surface area contributed by atoms with Gasteiger partial charge < -0.3 is 16.2 Å². The van der Waals surface area contributed by atoms with Crippen molar-refractivity contribution in [1.82, 2.24) is 5.32 Å². The van der Waals surface area contributed by atoms with Gasteiger partial charge in [-0.1, -0.05) is 56.3 Å². The molecule has 1 aromatic carbocycles. The van der Waals surface area contributed by atoms with E-state index in [4.69, 9.17) is 5.73 Å². The number of carboxylic acid groups (broad SMARTS) is 1. The van der Waals surface area contributed by atoms with Crippen LogP contribution in [0.15, 0.2) is 42.5 Å². The fourth-order valence-electron chi connectivity index (χ4n) is 3.40. The van der Waals surface area contributed by atoms with Gasteiger partial charge in [0.2, 0.25) is 5.91 Å². The number of nitrogens with two attached hydrogens (primary N) is 1. The van der Waals surface area contributed by atoms with Crippen LogP contribution >= 0.6 is 24.4 Å². The molecule has 4 N–H and O–H groups in total. The standard InChI is InChI=1S/C24H38N2O3S2/c1-17(2)19(11-12-21(25)16-30)9-10-20(15-18-7-5-4-6-8-18)23(27)26-22(24(28)29)13-14-31-3/h4-8,11-12,17,19-22,30H,9-10,13-16,25H2,1-3H3,(H,26,27)(H,28,29)/t19?,20?,21?,22-/m0/s1. The average Bonchev–Trinajstić information content (AvgIpc) is 2.75. The minimum Gasteiger partial charge on any atom is -0.480 e. The number of rotatable bonds is 15. The Kier molecular flexibility index (Phi) is 13.7. The van der Waals surface area contributed by atoms with Crippen molar-refractivity contribution in [2.24, 2.45) is 23.5 Å². The SMILES string of the molecule is CSCC[C@H](NC(=O)C(CCC(C=CC(N)CS)C(C)C)Cc1ccccc1)C(=O)O. The molecule has 0 bridgehead atoms. The molecule has 0 aromatic heterocycles. The second kappa shape index (κ2) is 15.4. The predicted molar refractivity (Wildman–Crippen MR) is 135 cm³/mol. The van der Waals surface area contributed by atoms with E-state index in [0.717, 1.165) is 12.0 Å². The fraction of sp³-hybridized carbons (Fsp3) is 0.583. The molecule has 0 spiro atoms. The van der Waals surface area contributed by atoms with Gasteiger partial charge in [0.25, 0.3) is 0 Å². The van der Waals surface area contributed by atoms with Gasteiger partial charge in [0.1, 0.15) is 6.04 Å². The lowest BCUT2D eigenvalue weighted by Crippen LogP contribution is -2.44. The molecular formula is C24H38N2O3S2. The zero-order valence-corrected chi connectivity index (χ0v) is 20.6. The van der Waals surface area contributed by atoms with Crippen molar-refractivity contribution in [1.29, 1.82) is 0 Å². The van der Waals surface area contributed by atoms with Crippen molar-refractivity contribution in [2.45, 2.75) is 51.6 Å². The molecule has 0 aliphatic heterocycles. The number of benzene rings is 1. The smallest absolute Gasteiger partial charge is 0.326 e. The lowest BCUT2D eigenvalue weighted by molar-refractivity contribution is -0.142. The van der Waals surface area contributed by atoms with Gasteiger partial charge in [-0.2, -0.15) is 24.4 Å². The summed E-state index contributed by atoms with van der Waals surface area (Å²) in [4.78, 5) is 24.7. The molecule has 0 saturated heterocycles. The number of hydrogen-bond acceptors (Lipinski definition) is 5. The molecule has 0 fully saturated rings. The van der Waals surface area contributed by atoms with Gasteiger partial charge in [-0.25, -0.2) is 4.79 Å². The number of carboxylic acids is 1. The molecule has 5 nitrogen and oxygen atoms in total. The van der Waals surface area contributed by atoms with Crippen molar-refractivity contribution in [3.8, 4) is 0 Å². The molecule has 1 rings (SSSR count). The largest absolute Gasteiger partial charge is 0.480 e. The third kappa shape index (κ3) is 11.1. The summed E-state index contributed by atoms with van der Waals surface area (Å²) in [6.07, 6.45) is 8.58. The molecule has 1 amide bonds. The second-order valence-corrected chi connectivity index (χ2v) is 9.63. The highest BCUT2D eigenvalue weighted by Crippen LogP contribution is 2.24. The number of nitrogens with one attached hydrogen (secondary N) is 1. The molecule has 4 atom stereocenters. The monoisotopic (exact) mass is 466 g/mol. The molecule has 0 aliphatic rings. The van der Waals surface area contributed by atoms with Crippen LogP contribution in [0.3, 0.4) is 0 Å². The quantitative estimate of drug-likeness (QED) is 0.231. The van der Waals surface area contributed by atoms with Crippen molar-refractivity contribution in [3.05, 3.63) is 48.0 Å². The van der Waals surface area contributed by atoms with E-state index < -0.39 is 12.0 Å². The highest BCUT2D eigenvalue weighted by Gasteiger charge is 2.26. The summed E-state index contributed by atoms with van der Waals surface area (Å²) >= 11 is 5.81. The van der Waals surface area contributed by atoms with Gasteiger partial charge in [-0.3, -0.25) is 4.79 Å². The molecule has 0 saturated carbocycles. The van der Waals surface area contributed by atoms with E-state index in [-0.39, 0.29) is 17.9 Å². The minimum atomic E-state index is -0.982. The summed E-state index contributed by atoms with van der Waals surface area (Å²) in [6, 6.07) is 8.95. The highest BCUT2D eigenvalue weighted by atomic mass is 32.2. The van der Waals surface area contributed by atoms with Crippen LogP contribution in [0.25, 0.3) is 0 Å². The third-order valence-corrected chi connectivity index (χ3v) is 6.51. The first-order valence-corrected chi connectivity index (χ1v) is 12.9. The van der Waals surface area contributed by atoms with Gasteiger partial charge in [0, 0.05) is 17.7 Å². The summed E-state index contributed by atoms with van der Waals surface area (Å²) < 4.78 is 0. The first-order valence-electron chi connectivity index (χ1n) is 10.9. The number of hydrogen-bond donors (Lipinski definition) is 4. The molecule has 0 radical (unpaired) electrons. The number of thioether (sulfide) groups is 1. The first-order chi connectivity index (χ1) is 14.8. The second-order valence-electron chi connectivity index (χ2n) is 8.28. The van der Waals surface area contributed by atoms with E-state index in [2.05, 4.69) is 37.9 Å². The van der Waals surface area contributed by atoms with E-state index >= 15 is 0 Å². The summed E-state index contributed by atoms with van der Waals surface area (Å²) in [6.45, 7) is 4.33. The maximum absolute atomic E-state index is 13.1. The van der Waals surface area contributed by atoms with Crippen molar-refractivity contribution < 1.29 is 14.7 Å². The normalized spacial score (nSPS) is 15.5. The highest BCUT2D eigenvalue weighted by molar-refractivity contribution is 7.98. The van der Waals surface area contributed by atoms with Crippen LogP contribution in [0.4, 0.5) is 0 Å². The van der Waals surface area contributed by atoms with Crippen LogP contribution in [0, 0.1) is 17.8 Å². The Hall–Kier alpha value is -1.44. The number of amides is 1. The van der Waals surface area contributed by atoms with Crippen molar-refractivity contribution in [3.63, 3.8) is 0 Å². The van der Waals surface area contributed by atoms with Crippen LogP contribution in [0.5, 0.6) is 0 Å². The zero-order valence-electron chi connectivity index (χ0n) is 18.9. The summed E-state index contributed by atoms with van der Waals surface area (Å²) in [5.74, 6) is 0.535. The number of thiol groups is 1. The Bertz CT molecular complexity index is 683. The Balaban J connectivity index is 2.92. The number of allylic oxidation sites excluding steroid dienone is 1. The van der Waals surface area contributed by atoms with Crippen LogP contribution < -0.4 is 11.1 Å². The summed E-state index contributed by atoms with van der Waals surface area (Å²) in [5.41, 5.74) is 7.04. The average molecular weight is 467 g/mol. The fourth-order valence-corrected chi connectivity index (χ4v) is 3.99. The topological polar surface area (TPSA) is 92.4 Å². The van der Waals surface area contributed by atoms with E-state index in [1.807, 2.05) is 42.7 Å². The Morgan fingerprint density at radius 2 is 1.84 bits per heavy atom. The molecular weight excluding hydrogens is 428 g/mol. The molecule has 0 heterocycles. The van der Waals surface area contributed by atoms with Crippen LogP contribution in [0.2, 0.25) is 0 Å². The number of carbonyl (C=O) groups is 2. The lowest BCUT2D eigenvalue weighted by Gasteiger charge is -2.23. The van der Waals surface area contributed by atoms with E-state index in [9.17, 15) is 14.7 Å². The Morgan fingerprint density at radius 3 is 2.39 bits per heavy atom. The predicted octanol–water partition coefficient (Wildman–Crippen LogP) is 4.03. The summed E-state index contributed by atoms with van der Waals surface area (Å²) in [7, 11) is 0. The van der Waals surface area contributed by atoms with E-state index in [1.54, 1.807) is 11.8 Å². The van der Waals surface area contributed by atoms with E-state index in [0.29, 0.717) is 42.6 Å². The maximum atomic E-state index is 13.1. The summed E-state index contributed by atoms with van der Waals surface area (Å²) in [5, 5.41) is 12.3. The minimum absolute atomic E-state index is 0.0826. The van der Waals surface area contributed by atoms with Crippen LogP contribution in [-0.4, -0.2) is 46.8 Å². The number of aliphatic carboxylic acids is 1. The Labute approximate surface area is 197 Å². The molecule has 0 aliphatic carbocycles. The van der Waals surface area contributed by atoms with Crippen molar-refractivity contribution in [2.75, 3.05) is 17.8 Å². The molecule has 7 heteroatoms. The Morgan fingerprint density at radius 1 is 1.16 bits per heavy atom.